The second kappa shape index (κ2) is 2.99. The average molecular weight is 193 g/mol. The first kappa shape index (κ1) is 8.49. The highest BCUT2D eigenvalue weighted by Gasteiger charge is 2.10. The summed E-state index contributed by atoms with van der Waals surface area (Å²) in [5.41, 5.74) is 0.528. The molecule has 0 saturated heterocycles. The number of carbonyl (C=O) groups is 1. The van der Waals surface area contributed by atoms with E-state index in [1.165, 1.54) is 30.2 Å². The highest BCUT2D eigenvalue weighted by Crippen LogP contribution is 2.17. The highest BCUT2D eigenvalue weighted by atomic mass is 16.5. The SMILES string of the molecule is COC(=O)c1cc(O)c2ncnn2c1. The zero-order valence-corrected chi connectivity index (χ0v) is 7.34. The van der Waals surface area contributed by atoms with Crippen LogP contribution in [0, 0.1) is 0 Å². The van der Waals surface area contributed by atoms with Crippen molar-refractivity contribution in [3.63, 3.8) is 0 Å². The molecule has 0 bridgehead atoms. The minimum Gasteiger partial charge on any atom is -0.504 e. The smallest absolute Gasteiger partial charge is 0.339 e. The first-order valence-corrected chi connectivity index (χ1v) is 3.83. The topological polar surface area (TPSA) is 76.7 Å². The molecule has 2 heterocycles. The number of aromatic nitrogens is 3. The molecule has 2 rings (SSSR count). The standard InChI is InChI=1S/C8H7N3O3/c1-14-8(13)5-2-6(12)7-9-4-10-11(7)3-5/h2-4,12H,1H3. The van der Waals surface area contributed by atoms with Gasteiger partial charge in [0.25, 0.3) is 0 Å². The molecule has 72 valence electrons. The van der Waals surface area contributed by atoms with E-state index in [1.54, 1.807) is 0 Å². The quantitative estimate of drug-likeness (QED) is 0.655. The monoisotopic (exact) mass is 193 g/mol. The second-order valence-electron chi connectivity index (χ2n) is 2.63. The van der Waals surface area contributed by atoms with E-state index >= 15 is 0 Å². The molecule has 0 aliphatic heterocycles. The lowest BCUT2D eigenvalue weighted by Crippen LogP contribution is -2.03. The van der Waals surface area contributed by atoms with Crippen LogP contribution in [0.1, 0.15) is 10.4 Å². The summed E-state index contributed by atoms with van der Waals surface area (Å²) in [5.74, 6) is -0.636. The van der Waals surface area contributed by atoms with Gasteiger partial charge in [-0.3, -0.25) is 0 Å². The molecule has 0 aliphatic rings. The van der Waals surface area contributed by atoms with Crippen LogP contribution in [0.2, 0.25) is 0 Å². The summed E-state index contributed by atoms with van der Waals surface area (Å²) in [6.07, 6.45) is 2.73. The van der Waals surface area contributed by atoms with Crippen molar-refractivity contribution >= 4 is 11.6 Å². The summed E-state index contributed by atoms with van der Waals surface area (Å²) in [6.45, 7) is 0. The predicted octanol–water partition coefficient (Wildman–Crippen LogP) is 0.221. The van der Waals surface area contributed by atoms with E-state index in [9.17, 15) is 9.90 Å². The molecule has 0 saturated carbocycles. The van der Waals surface area contributed by atoms with Crippen molar-refractivity contribution in [2.75, 3.05) is 7.11 Å². The van der Waals surface area contributed by atoms with Crippen molar-refractivity contribution in [1.29, 1.82) is 0 Å². The maximum absolute atomic E-state index is 11.1. The molecular formula is C8H7N3O3. The van der Waals surface area contributed by atoms with Gasteiger partial charge in [0.05, 0.1) is 12.7 Å². The summed E-state index contributed by atoms with van der Waals surface area (Å²) in [7, 11) is 1.27. The molecule has 2 aromatic rings. The summed E-state index contributed by atoms with van der Waals surface area (Å²) < 4.78 is 5.81. The number of pyridine rings is 1. The Morgan fingerprint density at radius 3 is 3.14 bits per heavy atom. The Labute approximate surface area is 78.8 Å². The van der Waals surface area contributed by atoms with Crippen LogP contribution in [0.3, 0.4) is 0 Å². The lowest BCUT2D eigenvalue weighted by Gasteiger charge is -2.00. The molecule has 0 spiro atoms. The first-order valence-electron chi connectivity index (χ1n) is 3.83. The number of hydrogen-bond acceptors (Lipinski definition) is 5. The van der Waals surface area contributed by atoms with E-state index < -0.39 is 5.97 Å². The Hall–Kier alpha value is -2.11. The van der Waals surface area contributed by atoms with Gasteiger partial charge >= 0.3 is 5.97 Å². The second-order valence-corrected chi connectivity index (χ2v) is 2.63. The number of hydrogen-bond donors (Lipinski definition) is 1. The van der Waals surface area contributed by atoms with E-state index in [1.807, 2.05) is 0 Å². The Morgan fingerprint density at radius 1 is 1.64 bits per heavy atom. The summed E-state index contributed by atoms with van der Waals surface area (Å²) in [4.78, 5) is 14.9. The van der Waals surface area contributed by atoms with E-state index in [2.05, 4.69) is 14.8 Å². The number of rotatable bonds is 1. The van der Waals surface area contributed by atoms with Gasteiger partial charge in [-0.1, -0.05) is 0 Å². The Bertz CT molecular complexity index is 492. The van der Waals surface area contributed by atoms with E-state index in [0.717, 1.165) is 0 Å². The summed E-state index contributed by atoms with van der Waals surface area (Å²) in [5, 5.41) is 13.2. The van der Waals surface area contributed by atoms with Crippen molar-refractivity contribution < 1.29 is 14.6 Å². The number of fused-ring (bicyclic) bond motifs is 1. The Balaban J connectivity index is 2.64. The molecule has 0 unspecified atom stereocenters. The largest absolute Gasteiger partial charge is 0.504 e. The third-order valence-corrected chi connectivity index (χ3v) is 1.78. The van der Waals surface area contributed by atoms with Gasteiger partial charge in [-0.05, 0) is 6.07 Å². The van der Waals surface area contributed by atoms with Crippen molar-refractivity contribution in [3.8, 4) is 5.75 Å². The summed E-state index contributed by atoms with van der Waals surface area (Å²) in [6, 6.07) is 1.29. The Kier molecular flexibility index (Phi) is 1.81. The maximum atomic E-state index is 11.1. The fourth-order valence-electron chi connectivity index (χ4n) is 1.14. The molecule has 1 N–H and O–H groups in total. The maximum Gasteiger partial charge on any atom is 0.339 e. The number of methoxy groups -OCH3 is 1. The molecule has 6 nitrogen and oxygen atoms in total. The van der Waals surface area contributed by atoms with Gasteiger partial charge in [0, 0.05) is 6.20 Å². The molecule has 14 heavy (non-hydrogen) atoms. The third-order valence-electron chi connectivity index (χ3n) is 1.78. The number of nitrogens with zero attached hydrogens (tertiary/aromatic N) is 3. The lowest BCUT2D eigenvalue weighted by molar-refractivity contribution is 0.0599. The first-order chi connectivity index (χ1) is 6.72. The minimum atomic E-state index is -0.530. The third kappa shape index (κ3) is 1.17. The van der Waals surface area contributed by atoms with Crippen molar-refractivity contribution in [1.82, 2.24) is 14.6 Å². The zero-order valence-electron chi connectivity index (χ0n) is 7.34. The number of carbonyl (C=O) groups excluding carboxylic acids is 1. The normalized spacial score (nSPS) is 10.4. The van der Waals surface area contributed by atoms with Crippen LogP contribution in [-0.2, 0) is 4.74 Å². The van der Waals surface area contributed by atoms with Crippen LogP contribution in [0.5, 0.6) is 5.75 Å². The minimum absolute atomic E-state index is 0.106. The van der Waals surface area contributed by atoms with Gasteiger partial charge in [0.15, 0.2) is 11.4 Å². The van der Waals surface area contributed by atoms with Gasteiger partial charge in [-0.15, -0.1) is 0 Å². The van der Waals surface area contributed by atoms with Crippen LogP contribution < -0.4 is 0 Å². The van der Waals surface area contributed by atoms with Crippen molar-refractivity contribution in [2.24, 2.45) is 0 Å². The van der Waals surface area contributed by atoms with E-state index in [0.29, 0.717) is 5.65 Å². The number of ether oxygens (including phenoxy) is 1. The van der Waals surface area contributed by atoms with Gasteiger partial charge in [0.2, 0.25) is 0 Å². The van der Waals surface area contributed by atoms with Gasteiger partial charge < -0.3 is 9.84 Å². The molecule has 0 atom stereocenters. The predicted molar refractivity (Wildman–Crippen MR) is 46.0 cm³/mol. The zero-order chi connectivity index (χ0) is 10.1. The van der Waals surface area contributed by atoms with Gasteiger partial charge in [-0.25, -0.2) is 14.3 Å². The van der Waals surface area contributed by atoms with Crippen LogP contribution in [0.15, 0.2) is 18.6 Å². The molecular weight excluding hydrogens is 186 g/mol. The molecule has 6 heteroatoms. The fraction of sp³-hybridized carbons (Fsp3) is 0.125. The molecule has 0 aromatic carbocycles. The van der Waals surface area contributed by atoms with Crippen molar-refractivity contribution in [3.05, 3.63) is 24.2 Å². The number of aromatic hydroxyl groups is 1. The lowest BCUT2D eigenvalue weighted by atomic mass is 10.3. The highest BCUT2D eigenvalue weighted by molar-refractivity contribution is 5.90. The molecule has 0 aliphatic carbocycles. The van der Waals surface area contributed by atoms with Gasteiger partial charge in [0.1, 0.15) is 6.33 Å². The fourth-order valence-corrected chi connectivity index (χ4v) is 1.14. The molecule has 0 fully saturated rings. The molecule has 0 amide bonds. The van der Waals surface area contributed by atoms with E-state index in [-0.39, 0.29) is 11.3 Å². The van der Waals surface area contributed by atoms with Crippen LogP contribution in [0.25, 0.3) is 5.65 Å². The van der Waals surface area contributed by atoms with E-state index in [4.69, 9.17) is 0 Å². The number of esters is 1. The molecule has 2 aromatic heterocycles. The average Bonchev–Trinajstić information content (AvgIpc) is 2.64. The van der Waals surface area contributed by atoms with Crippen molar-refractivity contribution in [2.45, 2.75) is 0 Å². The van der Waals surface area contributed by atoms with Crippen LogP contribution in [0.4, 0.5) is 0 Å². The molecule has 0 radical (unpaired) electrons. The summed E-state index contributed by atoms with van der Waals surface area (Å²) >= 11 is 0. The Morgan fingerprint density at radius 2 is 2.43 bits per heavy atom. The van der Waals surface area contributed by atoms with Crippen LogP contribution >= 0.6 is 0 Å². The van der Waals surface area contributed by atoms with Gasteiger partial charge in [-0.2, -0.15) is 5.10 Å². The van der Waals surface area contributed by atoms with Crippen LogP contribution in [-0.4, -0.2) is 32.8 Å².